The molecule has 0 fully saturated rings. The van der Waals surface area contributed by atoms with E-state index in [0.29, 0.717) is 5.92 Å². The first-order valence-corrected chi connectivity index (χ1v) is 7.21. The smallest absolute Gasteiger partial charge is 0.123 e. The van der Waals surface area contributed by atoms with Crippen LogP contribution in [0.2, 0.25) is 0 Å². The number of hydrogen-bond acceptors (Lipinski definition) is 3. The molecule has 0 amide bonds. The lowest BCUT2D eigenvalue weighted by Crippen LogP contribution is -2.29. The molecule has 0 spiro atoms. The highest BCUT2D eigenvalue weighted by Crippen LogP contribution is 2.18. The van der Waals surface area contributed by atoms with E-state index in [1.54, 1.807) is 7.11 Å². The quantitative estimate of drug-likeness (QED) is 0.865. The lowest BCUT2D eigenvalue weighted by atomic mass is 10.1. The van der Waals surface area contributed by atoms with Gasteiger partial charge in [-0.05, 0) is 23.8 Å². The molecule has 1 atom stereocenters. The van der Waals surface area contributed by atoms with Crippen LogP contribution in [0.3, 0.4) is 0 Å². The average molecular weight is 289 g/mol. The minimum atomic E-state index is -0.190. The molecule has 1 aromatic heterocycles. The van der Waals surface area contributed by atoms with Gasteiger partial charge in [0.2, 0.25) is 0 Å². The molecule has 1 aliphatic rings. The normalized spacial score (nSPS) is 19.2. The topological polar surface area (TPSA) is 30.3 Å². The molecule has 1 aromatic carbocycles. The highest BCUT2D eigenvalue weighted by molar-refractivity contribution is 5.16. The van der Waals surface area contributed by atoms with E-state index in [2.05, 4.69) is 20.7 Å². The second-order valence-corrected chi connectivity index (χ2v) is 5.62. The lowest BCUT2D eigenvalue weighted by molar-refractivity contribution is 0.114. The molecule has 2 heterocycles. The Labute approximate surface area is 124 Å². The number of ether oxygens (including phenoxy) is 1. The molecule has 3 rings (SSSR count). The summed E-state index contributed by atoms with van der Waals surface area (Å²) < 4.78 is 20.4. The summed E-state index contributed by atoms with van der Waals surface area (Å²) in [6.45, 7) is 4.23. The van der Waals surface area contributed by atoms with Gasteiger partial charge in [0.25, 0.3) is 0 Å². The largest absolute Gasteiger partial charge is 0.384 e. The maximum atomic E-state index is 13.0. The zero-order valence-electron chi connectivity index (χ0n) is 12.2. The molecule has 0 aliphatic carbocycles. The van der Waals surface area contributed by atoms with Crippen molar-refractivity contribution in [3.63, 3.8) is 0 Å². The summed E-state index contributed by atoms with van der Waals surface area (Å²) in [4.78, 5) is 2.37. The summed E-state index contributed by atoms with van der Waals surface area (Å²) in [6.07, 6.45) is 1.85. The fourth-order valence-electron chi connectivity index (χ4n) is 2.93. The van der Waals surface area contributed by atoms with Crippen molar-refractivity contribution in [3.05, 3.63) is 53.6 Å². The van der Waals surface area contributed by atoms with Crippen LogP contribution in [0.5, 0.6) is 0 Å². The van der Waals surface area contributed by atoms with E-state index < -0.39 is 0 Å². The third kappa shape index (κ3) is 3.49. The Hall–Kier alpha value is -1.72. The van der Waals surface area contributed by atoms with E-state index >= 15 is 0 Å². The van der Waals surface area contributed by atoms with Gasteiger partial charge in [0.1, 0.15) is 5.82 Å². The number of halogens is 1. The van der Waals surface area contributed by atoms with E-state index in [4.69, 9.17) is 4.74 Å². The summed E-state index contributed by atoms with van der Waals surface area (Å²) in [6, 6.07) is 8.80. The predicted molar refractivity (Wildman–Crippen MR) is 78.1 cm³/mol. The van der Waals surface area contributed by atoms with Crippen LogP contribution in [0.25, 0.3) is 0 Å². The van der Waals surface area contributed by atoms with Crippen LogP contribution in [0, 0.1) is 11.7 Å². The first-order chi connectivity index (χ1) is 10.2. The Morgan fingerprint density at radius 2 is 2.05 bits per heavy atom. The summed E-state index contributed by atoms with van der Waals surface area (Å²) in [5.41, 5.74) is 2.34. The highest BCUT2D eigenvalue weighted by atomic mass is 19.1. The van der Waals surface area contributed by atoms with Crippen molar-refractivity contribution in [1.82, 2.24) is 14.7 Å². The predicted octanol–water partition coefficient (Wildman–Crippen LogP) is 2.30. The summed E-state index contributed by atoms with van der Waals surface area (Å²) in [5, 5.41) is 4.39. The number of benzene rings is 1. The van der Waals surface area contributed by atoms with Gasteiger partial charge in [0, 0.05) is 45.4 Å². The SMILES string of the molecule is COCC1CN(Cc2ccc(F)cc2)Cc2ccnn2C1. The van der Waals surface area contributed by atoms with Crippen LogP contribution in [0.1, 0.15) is 11.3 Å². The number of rotatable bonds is 4. The molecule has 0 saturated heterocycles. The fourth-order valence-corrected chi connectivity index (χ4v) is 2.93. The summed E-state index contributed by atoms with van der Waals surface area (Å²) >= 11 is 0. The van der Waals surface area contributed by atoms with Crippen LogP contribution >= 0.6 is 0 Å². The van der Waals surface area contributed by atoms with E-state index in [1.165, 1.54) is 17.8 Å². The second kappa shape index (κ2) is 6.37. The number of hydrogen-bond donors (Lipinski definition) is 0. The zero-order chi connectivity index (χ0) is 14.7. The van der Waals surface area contributed by atoms with Crippen molar-refractivity contribution in [2.45, 2.75) is 19.6 Å². The Kier molecular flexibility index (Phi) is 4.31. The third-order valence-electron chi connectivity index (χ3n) is 3.86. The van der Waals surface area contributed by atoms with E-state index in [1.807, 2.05) is 18.3 Å². The van der Waals surface area contributed by atoms with Gasteiger partial charge in [-0.1, -0.05) is 12.1 Å². The first kappa shape index (κ1) is 14.2. The van der Waals surface area contributed by atoms with Gasteiger partial charge >= 0.3 is 0 Å². The van der Waals surface area contributed by atoms with Crippen molar-refractivity contribution in [3.8, 4) is 0 Å². The van der Waals surface area contributed by atoms with Gasteiger partial charge in [0.05, 0.1) is 12.3 Å². The zero-order valence-corrected chi connectivity index (χ0v) is 12.2. The Balaban J connectivity index is 1.76. The molecule has 112 valence electrons. The van der Waals surface area contributed by atoms with Crippen LogP contribution in [0.4, 0.5) is 4.39 Å². The van der Waals surface area contributed by atoms with Crippen LogP contribution in [-0.2, 0) is 24.4 Å². The Bertz CT molecular complexity index is 581. The Morgan fingerprint density at radius 3 is 2.81 bits per heavy atom. The molecule has 5 heteroatoms. The molecule has 1 aliphatic heterocycles. The van der Waals surface area contributed by atoms with Crippen molar-refractivity contribution in [1.29, 1.82) is 0 Å². The fraction of sp³-hybridized carbons (Fsp3) is 0.438. The monoisotopic (exact) mass is 289 g/mol. The number of nitrogens with zero attached hydrogens (tertiary/aromatic N) is 3. The van der Waals surface area contributed by atoms with Crippen LogP contribution in [-0.4, -0.2) is 34.9 Å². The van der Waals surface area contributed by atoms with Gasteiger partial charge < -0.3 is 4.74 Å². The molecule has 0 radical (unpaired) electrons. The highest BCUT2D eigenvalue weighted by Gasteiger charge is 2.22. The van der Waals surface area contributed by atoms with Crippen molar-refractivity contribution in [2.75, 3.05) is 20.3 Å². The average Bonchev–Trinajstić information content (AvgIpc) is 2.82. The summed E-state index contributed by atoms with van der Waals surface area (Å²) in [5.74, 6) is 0.224. The molecule has 0 bridgehead atoms. The molecule has 1 unspecified atom stereocenters. The van der Waals surface area contributed by atoms with E-state index in [9.17, 15) is 4.39 Å². The maximum Gasteiger partial charge on any atom is 0.123 e. The van der Waals surface area contributed by atoms with Gasteiger partial charge in [-0.3, -0.25) is 9.58 Å². The summed E-state index contributed by atoms with van der Waals surface area (Å²) in [7, 11) is 1.74. The van der Waals surface area contributed by atoms with Gasteiger partial charge in [-0.15, -0.1) is 0 Å². The molecule has 0 N–H and O–H groups in total. The molecule has 4 nitrogen and oxygen atoms in total. The van der Waals surface area contributed by atoms with Gasteiger partial charge in [-0.2, -0.15) is 5.10 Å². The molecular formula is C16H20FN3O. The third-order valence-corrected chi connectivity index (χ3v) is 3.86. The molecule has 21 heavy (non-hydrogen) atoms. The minimum Gasteiger partial charge on any atom is -0.384 e. The molecular weight excluding hydrogens is 269 g/mol. The van der Waals surface area contributed by atoms with Crippen LogP contribution < -0.4 is 0 Å². The standard InChI is InChI=1S/C16H20FN3O/c1-21-12-14-9-19(8-13-2-4-15(17)5-3-13)11-16-6-7-18-20(16)10-14/h2-7,14H,8-12H2,1H3. The van der Waals surface area contributed by atoms with Crippen LogP contribution in [0.15, 0.2) is 36.5 Å². The first-order valence-electron chi connectivity index (χ1n) is 7.21. The number of methoxy groups -OCH3 is 1. The minimum absolute atomic E-state index is 0.190. The number of fused-ring (bicyclic) bond motifs is 1. The molecule has 2 aromatic rings. The second-order valence-electron chi connectivity index (χ2n) is 5.62. The van der Waals surface area contributed by atoms with Gasteiger partial charge in [-0.25, -0.2) is 4.39 Å². The van der Waals surface area contributed by atoms with Crippen molar-refractivity contribution in [2.24, 2.45) is 5.92 Å². The van der Waals surface area contributed by atoms with Crippen molar-refractivity contribution < 1.29 is 9.13 Å². The lowest BCUT2D eigenvalue weighted by Gasteiger charge is -2.23. The number of aromatic nitrogens is 2. The van der Waals surface area contributed by atoms with Gasteiger partial charge in [0.15, 0.2) is 0 Å². The van der Waals surface area contributed by atoms with Crippen molar-refractivity contribution >= 4 is 0 Å². The Morgan fingerprint density at radius 1 is 1.24 bits per heavy atom. The van der Waals surface area contributed by atoms with E-state index in [-0.39, 0.29) is 5.82 Å². The molecule has 0 saturated carbocycles. The maximum absolute atomic E-state index is 13.0. The van der Waals surface area contributed by atoms with E-state index in [0.717, 1.165) is 38.3 Å².